The summed E-state index contributed by atoms with van der Waals surface area (Å²) in [7, 11) is -2.96. The Bertz CT molecular complexity index is 1060. The fourth-order valence-electron chi connectivity index (χ4n) is 4.50. The van der Waals surface area contributed by atoms with Gasteiger partial charge in [-0.05, 0) is 44.5 Å². The van der Waals surface area contributed by atoms with Gasteiger partial charge in [-0.2, -0.15) is 5.10 Å². The van der Waals surface area contributed by atoms with Gasteiger partial charge in [0, 0.05) is 36.9 Å². The third-order valence-electron chi connectivity index (χ3n) is 6.02. The monoisotopic (exact) mass is 465 g/mol. The van der Waals surface area contributed by atoms with E-state index in [1.54, 1.807) is 24.3 Å². The zero-order valence-corrected chi connectivity index (χ0v) is 19.4. The van der Waals surface area contributed by atoms with Gasteiger partial charge in [0.15, 0.2) is 9.84 Å². The first-order valence-electron chi connectivity index (χ1n) is 10.5. The quantitative estimate of drug-likeness (QED) is 0.728. The van der Waals surface area contributed by atoms with Gasteiger partial charge >= 0.3 is 0 Å². The van der Waals surface area contributed by atoms with Crippen molar-refractivity contribution in [1.82, 2.24) is 14.7 Å². The van der Waals surface area contributed by atoms with Crippen LogP contribution in [-0.4, -0.2) is 73.2 Å². The van der Waals surface area contributed by atoms with Crippen molar-refractivity contribution in [2.24, 2.45) is 0 Å². The van der Waals surface area contributed by atoms with Gasteiger partial charge in [0.05, 0.1) is 41.2 Å². The SMILES string of the molecule is Cc1nn(C2CCS(=O)(=O)C2)c(C)c1N1CCN(CC(=O)Nc2ccc(Cl)cc2)CC1. The highest BCUT2D eigenvalue weighted by molar-refractivity contribution is 7.91. The van der Waals surface area contributed by atoms with Crippen LogP contribution in [0.1, 0.15) is 23.9 Å². The van der Waals surface area contributed by atoms with E-state index < -0.39 is 9.84 Å². The van der Waals surface area contributed by atoms with Crippen LogP contribution in [0.2, 0.25) is 5.02 Å². The maximum Gasteiger partial charge on any atom is 0.238 e. The van der Waals surface area contributed by atoms with Crippen LogP contribution >= 0.6 is 11.6 Å². The van der Waals surface area contributed by atoms with E-state index in [2.05, 4.69) is 20.2 Å². The summed E-state index contributed by atoms with van der Waals surface area (Å²) >= 11 is 5.88. The van der Waals surface area contributed by atoms with E-state index in [1.165, 1.54) is 0 Å². The van der Waals surface area contributed by atoms with Crippen LogP contribution in [0.4, 0.5) is 11.4 Å². The number of halogens is 1. The molecule has 0 bridgehead atoms. The number of aryl methyl sites for hydroxylation is 1. The second-order valence-corrected chi connectivity index (χ2v) is 11.0. The largest absolute Gasteiger partial charge is 0.366 e. The van der Waals surface area contributed by atoms with E-state index in [1.807, 2.05) is 18.5 Å². The molecule has 0 saturated carbocycles. The molecule has 1 N–H and O–H groups in total. The van der Waals surface area contributed by atoms with Gasteiger partial charge in [-0.3, -0.25) is 14.4 Å². The minimum absolute atomic E-state index is 0.0432. The summed E-state index contributed by atoms with van der Waals surface area (Å²) in [6, 6.07) is 7.01. The Morgan fingerprint density at radius 1 is 1.16 bits per heavy atom. The standard InChI is InChI=1S/C21H28ClN5O3S/c1-15-21(16(2)27(24-15)19-7-12-31(29,30)14-19)26-10-8-25(9-11-26)13-20(28)23-18-5-3-17(22)4-6-18/h3-6,19H,7-14H2,1-2H3,(H,23,28). The number of piperazine rings is 1. The maximum absolute atomic E-state index is 12.4. The topological polar surface area (TPSA) is 87.5 Å². The lowest BCUT2D eigenvalue weighted by Crippen LogP contribution is -2.49. The number of benzene rings is 1. The number of hydrogen-bond donors (Lipinski definition) is 1. The second-order valence-electron chi connectivity index (χ2n) is 8.34. The molecule has 3 heterocycles. The molecule has 4 rings (SSSR count). The van der Waals surface area contributed by atoms with Crippen LogP contribution in [-0.2, 0) is 14.6 Å². The average Bonchev–Trinajstić information content (AvgIpc) is 3.22. The highest BCUT2D eigenvalue weighted by Gasteiger charge is 2.32. The molecule has 2 aromatic rings. The van der Waals surface area contributed by atoms with E-state index in [0.717, 1.165) is 48.9 Å². The van der Waals surface area contributed by atoms with Gasteiger partial charge in [-0.15, -0.1) is 0 Å². The molecular weight excluding hydrogens is 438 g/mol. The van der Waals surface area contributed by atoms with Crippen molar-refractivity contribution in [2.75, 3.05) is 54.4 Å². The lowest BCUT2D eigenvalue weighted by molar-refractivity contribution is -0.117. The molecule has 1 aromatic heterocycles. The molecule has 8 nitrogen and oxygen atoms in total. The smallest absolute Gasteiger partial charge is 0.238 e. The van der Waals surface area contributed by atoms with Crippen molar-refractivity contribution in [1.29, 1.82) is 0 Å². The van der Waals surface area contributed by atoms with Crippen LogP contribution in [0.3, 0.4) is 0 Å². The predicted molar refractivity (Wildman–Crippen MR) is 123 cm³/mol. The molecule has 1 aromatic carbocycles. The zero-order chi connectivity index (χ0) is 22.2. The molecule has 0 radical (unpaired) electrons. The molecule has 1 atom stereocenters. The Morgan fingerprint density at radius 2 is 1.84 bits per heavy atom. The van der Waals surface area contributed by atoms with E-state index in [4.69, 9.17) is 11.6 Å². The molecule has 2 aliphatic heterocycles. The molecular formula is C21H28ClN5O3S. The number of carbonyl (C=O) groups excluding carboxylic acids is 1. The molecule has 0 aliphatic carbocycles. The Morgan fingerprint density at radius 3 is 2.45 bits per heavy atom. The second kappa shape index (κ2) is 8.80. The van der Waals surface area contributed by atoms with E-state index >= 15 is 0 Å². The lowest BCUT2D eigenvalue weighted by atomic mass is 10.2. The summed E-state index contributed by atoms with van der Waals surface area (Å²) in [6.45, 7) is 7.48. The van der Waals surface area contributed by atoms with Crippen molar-refractivity contribution < 1.29 is 13.2 Å². The predicted octanol–water partition coefficient (Wildman–Crippen LogP) is 2.27. The van der Waals surface area contributed by atoms with Gasteiger partial charge in [0.1, 0.15) is 0 Å². The fraction of sp³-hybridized carbons (Fsp3) is 0.524. The van der Waals surface area contributed by atoms with E-state index in [0.29, 0.717) is 18.0 Å². The molecule has 2 saturated heterocycles. The number of nitrogens with zero attached hydrogens (tertiary/aromatic N) is 4. The highest BCUT2D eigenvalue weighted by atomic mass is 35.5. The van der Waals surface area contributed by atoms with Gasteiger partial charge in [-0.25, -0.2) is 8.42 Å². The van der Waals surface area contributed by atoms with Gasteiger partial charge in [0.25, 0.3) is 0 Å². The molecule has 0 spiro atoms. The first-order chi connectivity index (χ1) is 14.7. The zero-order valence-electron chi connectivity index (χ0n) is 17.8. The van der Waals surface area contributed by atoms with Crippen molar-refractivity contribution in [2.45, 2.75) is 26.3 Å². The summed E-state index contributed by atoms with van der Waals surface area (Å²) in [5, 5.41) is 8.22. The number of sulfone groups is 1. The lowest BCUT2D eigenvalue weighted by Gasteiger charge is -2.36. The number of amides is 1. The third kappa shape index (κ3) is 5.05. The summed E-state index contributed by atoms with van der Waals surface area (Å²) in [5.41, 5.74) is 3.78. The Labute approximate surface area is 188 Å². The van der Waals surface area contributed by atoms with Crippen LogP contribution in [0, 0.1) is 13.8 Å². The van der Waals surface area contributed by atoms with E-state index in [-0.39, 0.29) is 23.5 Å². The van der Waals surface area contributed by atoms with Gasteiger partial charge in [-0.1, -0.05) is 11.6 Å². The molecule has 10 heteroatoms. The minimum Gasteiger partial charge on any atom is -0.366 e. The highest BCUT2D eigenvalue weighted by Crippen LogP contribution is 2.31. The molecule has 1 amide bonds. The van der Waals surface area contributed by atoms with Gasteiger partial charge in [0.2, 0.25) is 5.91 Å². The molecule has 1 unspecified atom stereocenters. The molecule has 2 aliphatic rings. The molecule has 31 heavy (non-hydrogen) atoms. The number of rotatable bonds is 5. The Balaban J connectivity index is 1.34. The van der Waals surface area contributed by atoms with Crippen LogP contribution in [0.25, 0.3) is 0 Å². The number of nitrogens with one attached hydrogen (secondary N) is 1. The summed E-state index contributed by atoms with van der Waals surface area (Å²) in [5.74, 6) is 0.367. The van der Waals surface area contributed by atoms with Crippen molar-refractivity contribution in [3.63, 3.8) is 0 Å². The first-order valence-corrected chi connectivity index (χ1v) is 12.7. The number of carbonyl (C=O) groups is 1. The number of aromatic nitrogens is 2. The van der Waals surface area contributed by atoms with E-state index in [9.17, 15) is 13.2 Å². The third-order valence-corrected chi connectivity index (χ3v) is 8.03. The normalized spacial score (nSPS) is 21.4. The number of hydrogen-bond acceptors (Lipinski definition) is 6. The van der Waals surface area contributed by atoms with Crippen molar-refractivity contribution >= 4 is 38.7 Å². The maximum atomic E-state index is 12.4. The first kappa shape index (κ1) is 22.1. The van der Waals surface area contributed by atoms with Crippen LogP contribution < -0.4 is 10.2 Å². The molecule has 168 valence electrons. The fourth-order valence-corrected chi connectivity index (χ4v) is 6.32. The van der Waals surface area contributed by atoms with Crippen LogP contribution in [0.15, 0.2) is 24.3 Å². The average molecular weight is 466 g/mol. The number of anilines is 2. The summed E-state index contributed by atoms with van der Waals surface area (Å²) in [6.07, 6.45) is 0.625. The van der Waals surface area contributed by atoms with Gasteiger partial charge < -0.3 is 10.2 Å². The summed E-state index contributed by atoms with van der Waals surface area (Å²) in [4.78, 5) is 16.8. The Kier molecular flexibility index (Phi) is 6.27. The Hall–Kier alpha value is -2.10. The minimum atomic E-state index is -2.96. The molecule has 2 fully saturated rings. The van der Waals surface area contributed by atoms with Crippen molar-refractivity contribution in [3.05, 3.63) is 40.7 Å². The van der Waals surface area contributed by atoms with Crippen LogP contribution in [0.5, 0.6) is 0 Å². The summed E-state index contributed by atoms with van der Waals surface area (Å²) < 4.78 is 25.7. The van der Waals surface area contributed by atoms with Crippen molar-refractivity contribution in [3.8, 4) is 0 Å².